The minimum absolute atomic E-state index is 0.0981. The Hall–Kier alpha value is -1.50. The average Bonchev–Trinajstić information content (AvgIpc) is 3.05. The molecule has 0 saturated carbocycles. The molecular formula is C17H23FN2O3. The third-order valence-corrected chi connectivity index (χ3v) is 4.27. The van der Waals surface area contributed by atoms with Crippen molar-refractivity contribution in [3.63, 3.8) is 0 Å². The van der Waals surface area contributed by atoms with Crippen LogP contribution in [-0.2, 0) is 22.4 Å². The molecule has 0 aliphatic carbocycles. The Morgan fingerprint density at radius 2 is 2.39 bits per heavy atom. The predicted octanol–water partition coefficient (Wildman–Crippen LogP) is 1.40. The number of halogens is 1. The molecule has 23 heavy (non-hydrogen) atoms. The highest BCUT2D eigenvalue weighted by Crippen LogP contribution is 2.19. The van der Waals surface area contributed by atoms with Gasteiger partial charge in [-0.1, -0.05) is 0 Å². The minimum atomic E-state index is -0.458. The monoisotopic (exact) mass is 322 g/mol. The van der Waals surface area contributed by atoms with Crippen molar-refractivity contribution < 1.29 is 18.7 Å². The molecule has 2 aliphatic heterocycles. The maximum absolute atomic E-state index is 14.2. The average molecular weight is 322 g/mol. The van der Waals surface area contributed by atoms with Gasteiger partial charge < -0.3 is 20.1 Å². The van der Waals surface area contributed by atoms with Gasteiger partial charge in [-0.15, -0.1) is 0 Å². The van der Waals surface area contributed by atoms with Gasteiger partial charge in [0.15, 0.2) is 0 Å². The van der Waals surface area contributed by atoms with Gasteiger partial charge in [-0.25, -0.2) is 4.39 Å². The van der Waals surface area contributed by atoms with E-state index in [4.69, 9.17) is 9.47 Å². The lowest BCUT2D eigenvalue weighted by Crippen LogP contribution is -2.37. The van der Waals surface area contributed by atoms with Crippen molar-refractivity contribution in [3.05, 3.63) is 34.6 Å². The van der Waals surface area contributed by atoms with Gasteiger partial charge in [0.25, 0.3) is 5.91 Å². The summed E-state index contributed by atoms with van der Waals surface area (Å²) in [6, 6.07) is 2.96. The highest BCUT2D eigenvalue weighted by Gasteiger charge is 2.20. The summed E-state index contributed by atoms with van der Waals surface area (Å²) in [5, 5.41) is 6.04. The first-order valence-corrected chi connectivity index (χ1v) is 8.15. The molecule has 0 bridgehead atoms. The standard InChI is InChI=1S/C17H23FN2O3/c1-11(9-23-14-3-5-22-10-14)20-17(21)15-6-13-8-19-4-2-12(13)7-16(15)18/h6-7,11,14,19H,2-5,8-10H2,1H3,(H,20,21). The second-order valence-corrected chi connectivity index (χ2v) is 6.22. The summed E-state index contributed by atoms with van der Waals surface area (Å²) in [7, 11) is 0. The van der Waals surface area contributed by atoms with Crippen LogP contribution < -0.4 is 10.6 Å². The summed E-state index contributed by atoms with van der Waals surface area (Å²) in [6.45, 7) is 5.10. The van der Waals surface area contributed by atoms with Gasteiger partial charge in [0, 0.05) is 19.2 Å². The summed E-state index contributed by atoms with van der Waals surface area (Å²) in [6.07, 6.45) is 1.77. The van der Waals surface area contributed by atoms with Crippen LogP contribution in [-0.4, -0.2) is 44.4 Å². The Morgan fingerprint density at radius 3 is 3.17 bits per heavy atom. The lowest BCUT2D eigenvalue weighted by atomic mass is 9.97. The number of ether oxygens (including phenoxy) is 2. The zero-order chi connectivity index (χ0) is 16.2. The maximum atomic E-state index is 14.2. The van der Waals surface area contributed by atoms with Gasteiger partial charge in [0.05, 0.1) is 24.9 Å². The molecule has 1 aromatic carbocycles. The number of nitrogens with one attached hydrogen (secondary N) is 2. The van der Waals surface area contributed by atoms with E-state index in [1.54, 1.807) is 6.07 Å². The number of carbonyl (C=O) groups is 1. The Morgan fingerprint density at radius 1 is 1.52 bits per heavy atom. The molecule has 1 amide bonds. The largest absolute Gasteiger partial charge is 0.379 e. The van der Waals surface area contributed by atoms with Crippen LogP contribution in [0.4, 0.5) is 4.39 Å². The molecule has 2 unspecified atom stereocenters. The van der Waals surface area contributed by atoms with E-state index in [2.05, 4.69) is 10.6 Å². The fraction of sp³-hybridized carbons (Fsp3) is 0.588. The lowest BCUT2D eigenvalue weighted by molar-refractivity contribution is 0.0318. The lowest BCUT2D eigenvalue weighted by Gasteiger charge is -2.20. The third kappa shape index (κ3) is 4.07. The fourth-order valence-corrected chi connectivity index (χ4v) is 2.94. The van der Waals surface area contributed by atoms with E-state index in [0.29, 0.717) is 19.8 Å². The smallest absolute Gasteiger partial charge is 0.254 e. The molecule has 3 rings (SSSR count). The van der Waals surface area contributed by atoms with Crippen LogP contribution in [0.5, 0.6) is 0 Å². The maximum Gasteiger partial charge on any atom is 0.254 e. The number of hydrogen-bond donors (Lipinski definition) is 2. The van der Waals surface area contributed by atoms with E-state index in [9.17, 15) is 9.18 Å². The summed E-state index contributed by atoms with van der Waals surface area (Å²) < 4.78 is 25.1. The molecule has 0 radical (unpaired) electrons. The summed E-state index contributed by atoms with van der Waals surface area (Å²) in [4.78, 5) is 12.3. The van der Waals surface area contributed by atoms with Crippen molar-refractivity contribution in [1.29, 1.82) is 0 Å². The molecule has 2 atom stereocenters. The van der Waals surface area contributed by atoms with Crippen LogP contribution in [0.1, 0.15) is 34.8 Å². The van der Waals surface area contributed by atoms with Crippen molar-refractivity contribution in [2.45, 2.75) is 38.5 Å². The Bertz CT molecular complexity index is 573. The number of benzene rings is 1. The molecule has 0 aromatic heterocycles. The fourth-order valence-electron chi connectivity index (χ4n) is 2.94. The molecule has 6 heteroatoms. The SMILES string of the molecule is CC(COC1CCOC1)NC(=O)c1cc2c(cc1F)CCNC2. The van der Waals surface area contributed by atoms with E-state index in [1.165, 1.54) is 6.07 Å². The molecule has 2 aliphatic rings. The van der Waals surface area contributed by atoms with Crippen molar-refractivity contribution in [3.8, 4) is 0 Å². The topological polar surface area (TPSA) is 59.6 Å². The van der Waals surface area contributed by atoms with Crippen molar-refractivity contribution in [2.24, 2.45) is 0 Å². The van der Waals surface area contributed by atoms with Crippen LogP contribution >= 0.6 is 0 Å². The van der Waals surface area contributed by atoms with Gasteiger partial charge in [-0.05, 0) is 49.6 Å². The Balaban J connectivity index is 1.58. The van der Waals surface area contributed by atoms with Gasteiger partial charge in [-0.2, -0.15) is 0 Å². The first kappa shape index (κ1) is 16.4. The molecule has 2 N–H and O–H groups in total. The van der Waals surface area contributed by atoms with Crippen LogP contribution in [0.2, 0.25) is 0 Å². The van der Waals surface area contributed by atoms with Crippen LogP contribution in [0.25, 0.3) is 0 Å². The summed E-state index contributed by atoms with van der Waals surface area (Å²) >= 11 is 0. The molecule has 5 nitrogen and oxygen atoms in total. The molecule has 1 aromatic rings. The normalized spacial score (nSPS) is 21.7. The van der Waals surface area contributed by atoms with Gasteiger partial charge in [0.2, 0.25) is 0 Å². The molecule has 1 saturated heterocycles. The van der Waals surface area contributed by atoms with Crippen molar-refractivity contribution in [2.75, 3.05) is 26.4 Å². The van der Waals surface area contributed by atoms with Crippen LogP contribution in [0.3, 0.4) is 0 Å². The van der Waals surface area contributed by atoms with Crippen LogP contribution in [0, 0.1) is 5.82 Å². The number of fused-ring (bicyclic) bond motifs is 1. The second-order valence-electron chi connectivity index (χ2n) is 6.22. The third-order valence-electron chi connectivity index (χ3n) is 4.27. The van der Waals surface area contributed by atoms with Crippen molar-refractivity contribution in [1.82, 2.24) is 10.6 Å². The summed E-state index contributed by atoms with van der Waals surface area (Å²) in [5.74, 6) is -0.852. The number of carbonyl (C=O) groups excluding carboxylic acids is 1. The number of amides is 1. The van der Waals surface area contributed by atoms with E-state index in [-0.39, 0.29) is 17.7 Å². The quantitative estimate of drug-likeness (QED) is 0.860. The predicted molar refractivity (Wildman–Crippen MR) is 83.9 cm³/mol. The van der Waals surface area contributed by atoms with Gasteiger partial charge in [-0.3, -0.25) is 4.79 Å². The van der Waals surface area contributed by atoms with Gasteiger partial charge in [0.1, 0.15) is 5.82 Å². The number of hydrogen-bond acceptors (Lipinski definition) is 4. The van der Waals surface area contributed by atoms with E-state index in [1.807, 2.05) is 6.92 Å². The van der Waals surface area contributed by atoms with Crippen molar-refractivity contribution >= 4 is 5.91 Å². The van der Waals surface area contributed by atoms with E-state index < -0.39 is 11.7 Å². The molecule has 0 spiro atoms. The highest BCUT2D eigenvalue weighted by atomic mass is 19.1. The Kier molecular flexibility index (Phi) is 5.25. The minimum Gasteiger partial charge on any atom is -0.379 e. The molecular weight excluding hydrogens is 299 g/mol. The first-order valence-electron chi connectivity index (χ1n) is 8.15. The van der Waals surface area contributed by atoms with Crippen LogP contribution in [0.15, 0.2) is 12.1 Å². The molecule has 1 fully saturated rings. The highest BCUT2D eigenvalue weighted by molar-refractivity contribution is 5.95. The van der Waals surface area contributed by atoms with E-state index >= 15 is 0 Å². The zero-order valence-corrected chi connectivity index (χ0v) is 13.4. The zero-order valence-electron chi connectivity index (χ0n) is 13.4. The number of rotatable bonds is 5. The van der Waals surface area contributed by atoms with E-state index in [0.717, 1.165) is 37.1 Å². The Labute approximate surface area is 135 Å². The van der Waals surface area contributed by atoms with Gasteiger partial charge >= 0.3 is 0 Å². The molecule has 126 valence electrons. The second kappa shape index (κ2) is 7.38. The molecule has 2 heterocycles. The first-order chi connectivity index (χ1) is 11.1. The summed E-state index contributed by atoms with van der Waals surface area (Å²) in [5.41, 5.74) is 2.08.